The zero-order valence-corrected chi connectivity index (χ0v) is 12.3. The van der Waals surface area contributed by atoms with Gasteiger partial charge in [-0.3, -0.25) is 0 Å². The Morgan fingerprint density at radius 1 is 0.900 bits per heavy atom. The Hall–Kier alpha value is -2.01. The molecule has 0 radical (unpaired) electrons. The fraction of sp³-hybridized carbons (Fsp3) is 0.200. The lowest BCUT2D eigenvalue weighted by Crippen LogP contribution is -2.05. The predicted molar refractivity (Wildman–Crippen MR) is 75.9 cm³/mol. The first kappa shape index (κ1) is 14.4. The molecule has 20 heavy (non-hydrogen) atoms. The summed E-state index contributed by atoms with van der Waals surface area (Å²) >= 11 is 0. The molecule has 2 aromatic carbocycles. The van der Waals surface area contributed by atoms with E-state index in [4.69, 9.17) is 0 Å². The third kappa shape index (κ3) is 2.36. The quantitative estimate of drug-likeness (QED) is 0.835. The second-order valence-electron chi connectivity index (χ2n) is 4.86. The molecule has 0 fully saturated rings. The normalized spacial score (nSPS) is 11.6. The fourth-order valence-electron chi connectivity index (χ4n) is 2.08. The molecule has 0 aliphatic rings. The van der Waals surface area contributed by atoms with Gasteiger partial charge in [0.1, 0.15) is 0 Å². The van der Waals surface area contributed by atoms with Gasteiger partial charge in [0, 0.05) is 6.07 Å². The van der Waals surface area contributed by atoms with Crippen LogP contribution in [0.1, 0.15) is 16.7 Å². The van der Waals surface area contributed by atoms with Crippen molar-refractivity contribution in [1.82, 2.24) is 0 Å². The molecule has 0 aliphatic carbocycles. The van der Waals surface area contributed by atoms with Gasteiger partial charge in [-0.2, -0.15) is 0 Å². The molecule has 2 aromatic rings. The van der Waals surface area contributed by atoms with Gasteiger partial charge < -0.3 is 10.2 Å². The molecule has 0 unspecified atom stereocenters. The van der Waals surface area contributed by atoms with Crippen LogP contribution >= 0.6 is 0 Å². The summed E-state index contributed by atoms with van der Waals surface area (Å²) in [5.41, 5.74) is 2.43. The van der Waals surface area contributed by atoms with Crippen molar-refractivity contribution in [2.24, 2.45) is 0 Å². The van der Waals surface area contributed by atoms with Crippen molar-refractivity contribution in [2.45, 2.75) is 30.6 Å². The van der Waals surface area contributed by atoms with Crippen LogP contribution in [0.4, 0.5) is 0 Å². The van der Waals surface area contributed by atoms with E-state index in [1.807, 2.05) is 19.9 Å². The largest absolute Gasteiger partial charge is 0.504 e. The highest BCUT2D eigenvalue weighted by Gasteiger charge is 2.22. The predicted octanol–water partition coefficient (Wildman–Crippen LogP) is 2.86. The van der Waals surface area contributed by atoms with E-state index in [2.05, 4.69) is 0 Å². The summed E-state index contributed by atoms with van der Waals surface area (Å²) in [6.45, 7) is 5.44. The molecule has 0 bridgehead atoms. The van der Waals surface area contributed by atoms with Crippen LogP contribution in [0.2, 0.25) is 0 Å². The Labute approximate surface area is 118 Å². The highest BCUT2D eigenvalue weighted by atomic mass is 32.2. The van der Waals surface area contributed by atoms with E-state index in [1.54, 1.807) is 13.0 Å². The second-order valence-corrected chi connectivity index (χ2v) is 6.78. The number of hydrogen-bond donors (Lipinski definition) is 2. The number of hydrogen-bond acceptors (Lipinski definition) is 4. The van der Waals surface area contributed by atoms with Crippen molar-refractivity contribution in [3.63, 3.8) is 0 Å². The second kappa shape index (κ2) is 4.83. The average Bonchev–Trinajstić information content (AvgIpc) is 2.36. The summed E-state index contributed by atoms with van der Waals surface area (Å²) in [6.07, 6.45) is 0. The number of aryl methyl sites for hydroxylation is 2. The van der Waals surface area contributed by atoms with Gasteiger partial charge in [-0.1, -0.05) is 6.07 Å². The smallest absolute Gasteiger partial charge is 0.207 e. The number of benzene rings is 2. The molecule has 0 saturated heterocycles. The fourth-order valence-corrected chi connectivity index (χ4v) is 3.75. The van der Waals surface area contributed by atoms with Crippen LogP contribution in [0.3, 0.4) is 0 Å². The van der Waals surface area contributed by atoms with Crippen molar-refractivity contribution in [1.29, 1.82) is 0 Å². The van der Waals surface area contributed by atoms with Crippen LogP contribution in [0, 0.1) is 20.8 Å². The topological polar surface area (TPSA) is 74.6 Å². The molecule has 0 atom stereocenters. The van der Waals surface area contributed by atoms with Gasteiger partial charge in [-0.15, -0.1) is 0 Å². The lowest BCUT2D eigenvalue weighted by molar-refractivity contribution is 0.402. The molecule has 0 amide bonds. The summed E-state index contributed by atoms with van der Waals surface area (Å²) in [4.78, 5) is 0.181. The Bertz CT molecular complexity index is 777. The van der Waals surface area contributed by atoms with E-state index in [-0.39, 0.29) is 15.5 Å². The number of rotatable bonds is 2. The third-order valence-corrected chi connectivity index (χ3v) is 5.19. The molecule has 4 nitrogen and oxygen atoms in total. The van der Waals surface area contributed by atoms with Gasteiger partial charge in [0.15, 0.2) is 11.5 Å². The van der Waals surface area contributed by atoms with Crippen LogP contribution in [0.25, 0.3) is 0 Å². The zero-order chi connectivity index (χ0) is 15.1. The number of phenols is 2. The molecule has 0 saturated carbocycles. The molecular weight excluding hydrogens is 276 g/mol. The summed E-state index contributed by atoms with van der Waals surface area (Å²) in [7, 11) is -3.73. The highest BCUT2D eigenvalue weighted by molar-refractivity contribution is 7.91. The van der Waals surface area contributed by atoms with Gasteiger partial charge >= 0.3 is 0 Å². The lowest BCUT2D eigenvalue weighted by atomic mass is 10.1. The van der Waals surface area contributed by atoms with E-state index in [0.717, 1.165) is 17.2 Å². The molecule has 2 N–H and O–H groups in total. The van der Waals surface area contributed by atoms with E-state index in [0.29, 0.717) is 5.56 Å². The Kier molecular flexibility index (Phi) is 3.48. The van der Waals surface area contributed by atoms with Gasteiger partial charge in [0.2, 0.25) is 9.84 Å². The minimum absolute atomic E-state index is 0.0408. The molecule has 0 aliphatic heterocycles. The van der Waals surface area contributed by atoms with Gasteiger partial charge in [-0.25, -0.2) is 8.42 Å². The van der Waals surface area contributed by atoms with Crippen molar-refractivity contribution < 1.29 is 18.6 Å². The van der Waals surface area contributed by atoms with E-state index in [1.165, 1.54) is 12.1 Å². The summed E-state index contributed by atoms with van der Waals surface area (Å²) < 4.78 is 25.3. The van der Waals surface area contributed by atoms with Crippen LogP contribution in [-0.4, -0.2) is 18.6 Å². The minimum atomic E-state index is -3.73. The first-order valence-corrected chi connectivity index (χ1v) is 7.56. The Morgan fingerprint density at radius 2 is 1.55 bits per heavy atom. The van der Waals surface area contributed by atoms with Crippen LogP contribution in [0.15, 0.2) is 40.1 Å². The molecular formula is C15H16O4S. The third-order valence-electron chi connectivity index (χ3n) is 3.31. The molecule has 0 spiro atoms. The Balaban J connectivity index is 2.70. The molecule has 106 valence electrons. The average molecular weight is 292 g/mol. The maximum Gasteiger partial charge on any atom is 0.207 e. The van der Waals surface area contributed by atoms with Crippen LogP contribution < -0.4 is 0 Å². The molecule has 0 aromatic heterocycles. The number of aromatic hydroxyl groups is 2. The maximum absolute atomic E-state index is 12.6. The SMILES string of the molecule is Cc1cc(C)c(C)c(S(=O)(=O)c2ccc(O)c(O)c2)c1. The first-order valence-electron chi connectivity index (χ1n) is 6.08. The molecule has 5 heteroatoms. The van der Waals surface area contributed by atoms with Crippen molar-refractivity contribution in [3.8, 4) is 11.5 Å². The van der Waals surface area contributed by atoms with Crippen molar-refractivity contribution >= 4 is 9.84 Å². The summed E-state index contributed by atoms with van der Waals surface area (Å²) in [5.74, 6) is -0.797. The Morgan fingerprint density at radius 3 is 2.15 bits per heavy atom. The van der Waals surface area contributed by atoms with Gasteiger partial charge in [-0.05, 0) is 55.7 Å². The lowest BCUT2D eigenvalue weighted by Gasteiger charge is -2.12. The standard InChI is InChI=1S/C15H16O4S/c1-9-6-10(2)11(3)15(7-9)20(18,19)12-4-5-13(16)14(17)8-12/h4-8,16-17H,1-3H3. The molecule has 2 rings (SSSR count). The zero-order valence-electron chi connectivity index (χ0n) is 11.5. The minimum Gasteiger partial charge on any atom is -0.504 e. The van der Waals surface area contributed by atoms with E-state index >= 15 is 0 Å². The highest BCUT2D eigenvalue weighted by Crippen LogP contribution is 2.32. The van der Waals surface area contributed by atoms with Crippen LogP contribution in [0.5, 0.6) is 11.5 Å². The van der Waals surface area contributed by atoms with Gasteiger partial charge in [0.05, 0.1) is 9.79 Å². The summed E-state index contributed by atoms with van der Waals surface area (Å²) in [6, 6.07) is 7.04. The van der Waals surface area contributed by atoms with Crippen molar-refractivity contribution in [3.05, 3.63) is 47.0 Å². The summed E-state index contributed by atoms with van der Waals surface area (Å²) in [5, 5.41) is 18.8. The van der Waals surface area contributed by atoms with E-state index in [9.17, 15) is 18.6 Å². The first-order chi connectivity index (χ1) is 9.23. The monoisotopic (exact) mass is 292 g/mol. The number of phenolic OH excluding ortho intramolecular Hbond substituents is 2. The number of sulfone groups is 1. The molecule has 0 heterocycles. The maximum atomic E-state index is 12.6. The van der Waals surface area contributed by atoms with E-state index < -0.39 is 15.6 Å². The van der Waals surface area contributed by atoms with Crippen molar-refractivity contribution in [2.75, 3.05) is 0 Å². The van der Waals surface area contributed by atoms with Crippen LogP contribution in [-0.2, 0) is 9.84 Å². The van der Waals surface area contributed by atoms with Gasteiger partial charge in [0.25, 0.3) is 0 Å².